The second-order valence-corrected chi connectivity index (χ2v) is 11.4. The van der Waals surface area contributed by atoms with Crippen molar-refractivity contribution >= 4 is 40.7 Å². The molecule has 0 radical (unpaired) electrons. The molecule has 1 saturated heterocycles. The lowest BCUT2D eigenvalue weighted by Gasteiger charge is -2.46. The zero-order chi connectivity index (χ0) is 26.0. The summed E-state index contributed by atoms with van der Waals surface area (Å²) in [6.07, 6.45) is 4.48. The highest BCUT2D eigenvalue weighted by molar-refractivity contribution is 6.31. The third-order valence-corrected chi connectivity index (χ3v) is 8.32. The fraction of sp³-hybridized carbons (Fsp3) is 0.500. The number of hydrogen-bond acceptors (Lipinski definition) is 5. The molecule has 2 fully saturated rings. The first-order valence-corrected chi connectivity index (χ1v) is 13.9. The Kier molecular flexibility index (Phi) is 8.07. The number of nitrogens with one attached hydrogen (secondary N) is 2. The number of carbonyl (C=O) groups excluding carboxylic acids is 2. The van der Waals surface area contributed by atoms with Gasteiger partial charge >= 0.3 is 0 Å². The van der Waals surface area contributed by atoms with Gasteiger partial charge in [0.05, 0.1) is 19.8 Å². The van der Waals surface area contributed by atoms with Crippen LogP contribution in [0, 0.1) is 5.92 Å². The van der Waals surface area contributed by atoms with E-state index in [9.17, 15) is 9.59 Å². The first kappa shape index (κ1) is 26.4. The molecule has 3 atom stereocenters. The molecule has 7 nitrogen and oxygen atoms in total. The number of fused-ring (bicyclic) bond motifs is 1. The number of morpholine rings is 1. The summed E-state index contributed by atoms with van der Waals surface area (Å²) < 4.78 is 5.43. The van der Waals surface area contributed by atoms with Crippen LogP contribution in [0.15, 0.2) is 42.5 Å². The van der Waals surface area contributed by atoms with Crippen LogP contribution in [0.25, 0.3) is 0 Å². The molecular weight excluding hydrogens is 511 g/mol. The number of benzene rings is 2. The molecule has 0 spiro atoms. The van der Waals surface area contributed by atoms with Crippen LogP contribution in [-0.2, 0) is 26.3 Å². The van der Waals surface area contributed by atoms with Crippen LogP contribution in [0.3, 0.4) is 0 Å². The molecule has 2 unspecified atom stereocenters. The lowest BCUT2D eigenvalue weighted by molar-refractivity contribution is -0.138. The van der Waals surface area contributed by atoms with Crippen molar-refractivity contribution in [3.8, 4) is 0 Å². The fourth-order valence-electron chi connectivity index (χ4n) is 6.14. The second-order valence-electron chi connectivity index (χ2n) is 10.5. The Hall–Kier alpha value is -2.16. The molecule has 0 bridgehead atoms. The molecule has 2 aromatic carbocycles. The lowest BCUT2D eigenvalue weighted by Crippen LogP contribution is -2.61. The molecule has 2 amide bonds. The van der Waals surface area contributed by atoms with E-state index < -0.39 is 5.54 Å². The largest absolute Gasteiger partial charge is 0.379 e. The summed E-state index contributed by atoms with van der Waals surface area (Å²) in [7, 11) is 0. The van der Waals surface area contributed by atoms with Crippen molar-refractivity contribution in [1.29, 1.82) is 0 Å². The number of ether oxygens (including phenoxy) is 1. The Morgan fingerprint density at radius 3 is 2.70 bits per heavy atom. The third-order valence-electron chi connectivity index (χ3n) is 7.85. The molecule has 2 aliphatic heterocycles. The van der Waals surface area contributed by atoms with E-state index in [4.69, 9.17) is 27.9 Å². The van der Waals surface area contributed by atoms with Gasteiger partial charge in [0, 0.05) is 46.8 Å². The minimum absolute atomic E-state index is 0.0748. The number of nitrogens with zero attached hydrogens (tertiary/aromatic N) is 2. The van der Waals surface area contributed by atoms with E-state index in [0.717, 1.165) is 36.8 Å². The number of halogens is 2. The molecule has 5 rings (SSSR count). The van der Waals surface area contributed by atoms with E-state index in [1.165, 1.54) is 0 Å². The van der Waals surface area contributed by atoms with E-state index in [1.54, 1.807) is 6.07 Å². The van der Waals surface area contributed by atoms with Gasteiger partial charge in [-0.2, -0.15) is 0 Å². The number of amides is 2. The molecule has 3 aliphatic rings. The highest BCUT2D eigenvalue weighted by Gasteiger charge is 2.54. The van der Waals surface area contributed by atoms with Crippen LogP contribution in [0.1, 0.15) is 43.7 Å². The Morgan fingerprint density at radius 1 is 1.16 bits per heavy atom. The quantitative estimate of drug-likeness (QED) is 0.531. The SMILES string of the molecule is C[C@@H]1CCCC(N(CC(=O)NN2CCOCC2)C2(Cc3cccc(Cl)c3)C(=O)Nc3cc(Cl)ccc32)C1. The highest BCUT2D eigenvalue weighted by atomic mass is 35.5. The van der Waals surface area contributed by atoms with Crippen LogP contribution in [0.4, 0.5) is 5.69 Å². The van der Waals surface area contributed by atoms with Gasteiger partial charge in [0.15, 0.2) is 0 Å². The number of hydrazine groups is 1. The molecule has 2 aromatic rings. The van der Waals surface area contributed by atoms with Crippen molar-refractivity contribution in [3.05, 3.63) is 63.6 Å². The minimum Gasteiger partial charge on any atom is -0.379 e. The van der Waals surface area contributed by atoms with Gasteiger partial charge in [-0.25, -0.2) is 5.01 Å². The van der Waals surface area contributed by atoms with E-state index in [1.807, 2.05) is 41.4 Å². The van der Waals surface area contributed by atoms with Crippen molar-refractivity contribution in [2.45, 2.75) is 50.6 Å². The molecular formula is C28H34Cl2N4O3. The van der Waals surface area contributed by atoms with Crippen LogP contribution in [0.2, 0.25) is 10.0 Å². The third kappa shape index (κ3) is 5.66. The van der Waals surface area contributed by atoms with E-state index in [-0.39, 0.29) is 24.4 Å². The summed E-state index contributed by atoms with van der Waals surface area (Å²) in [4.78, 5) is 29.8. The van der Waals surface area contributed by atoms with Gasteiger partial charge in [-0.15, -0.1) is 0 Å². The fourth-order valence-corrected chi connectivity index (χ4v) is 6.52. The Bertz CT molecular complexity index is 1160. The van der Waals surface area contributed by atoms with Crippen LogP contribution >= 0.6 is 23.2 Å². The van der Waals surface area contributed by atoms with Gasteiger partial charge in [-0.05, 0) is 48.6 Å². The summed E-state index contributed by atoms with van der Waals surface area (Å²) in [6, 6.07) is 13.2. The van der Waals surface area contributed by atoms with Gasteiger partial charge in [0.25, 0.3) is 0 Å². The average Bonchev–Trinajstić information content (AvgIpc) is 3.13. The van der Waals surface area contributed by atoms with Crippen molar-refractivity contribution in [3.63, 3.8) is 0 Å². The number of hydrogen-bond donors (Lipinski definition) is 2. The van der Waals surface area contributed by atoms with Crippen molar-refractivity contribution in [2.24, 2.45) is 5.92 Å². The van der Waals surface area contributed by atoms with Crippen LogP contribution in [-0.4, -0.2) is 60.6 Å². The average molecular weight is 546 g/mol. The van der Waals surface area contributed by atoms with Crippen molar-refractivity contribution in [2.75, 3.05) is 38.2 Å². The summed E-state index contributed by atoms with van der Waals surface area (Å²) in [5.41, 5.74) is 4.47. The molecule has 0 aromatic heterocycles. The first-order chi connectivity index (χ1) is 17.8. The Labute approximate surface area is 228 Å². The lowest BCUT2D eigenvalue weighted by atomic mass is 9.78. The van der Waals surface area contributed by atoms with Crippen molar-refractivity contribution in [1.82, 2.24) is 15.3 Å². The number of carbonyl (C=O) groups is 2. The molecule has 1 saturated carbocycles. The van der Waals surface area contributed by atoms with Gasteiger partial charge in [0.1, 0.15) is 5.54 Å². The molecule has 2 heterocycles. The molecule has 198 valence electrons. The van der Waals surface area contributed by atoms with E-state index in [2.05, 4.69) is 22.6 Å². The Balaban J connectivity index is 1.57. The zero-order valence-electron chi connectivity index (χ0n) is 21.1. The number of rotatable bonds is 7. The predicted octanol–water partition coefficient (Wildman–Crippen LogP) is 4.63. The maximum absolute atomic E-state index is 14.1. The van der Waals surface area contributed by atoms with Gasteiger partial charge in [-0.1, -0.05) is 61.2 Å². The molecule has 2 N–H and O–H groups in total. The van der Waals surface area contributed by atoms with E-state index in [0.29, 0.717) is 54.4 Å². The first-order valence-electron chi connectivity index (χ1n) is 13.1. The smallest absolute Gasteiger partial charge is 0.249 e. The molecule has 1 aliphatic carbocycles. The van der Waals surface area contributed by atoms with Crippen molar-refractivity contribution < 1.29 is 14.3 Å². The molecule has 37 heavy (non-hydrogen) atoms. The predicted molar refractivity (Wildman–Crippen MR) is 146 cm³/mol. The second kappa shape index (κ2) is 11.3. The summed E-state index contributed by atoms with van der Waals surface area (Å²) in [5.74, 6) is 0.254. The van der Waals surface area contributed by atoms with Gasteiger partial charge in [-0.3, -0.25) is 19.9 Å². The zero-order valence-corrected chi connectivity index (χ0v) is 22.7. The van der Waals surface area contributed by atoms with Crippen LogP contribution < -0.4 is 10.7 Å². The van der Waals surface area contributed by atoms with Gasteiger partial charge < -0.3 is 10.1 Å². The monoisotopic (exact) mass is 544 g/mol. The maximum Gasteiger partial charge on any atom is 0.249 e. The highest BCUT2D eigenvalue weighted by Crippen LogP contribution is 2.47. The standard InChI is InChI=1S/C28H34Cl2N4O3/c1-19-4-2-7-23(14-19)34(18-26(35)32-33-10-12-37-13-11-33)28(17-20-5-3-6-21(29)15-20)24-9-8-22(30)16-25(24)31-27(28)36/h3,5-6,8-9,15-16,19,23H,2,4,7,10-14,17-18H2,1H3,(H,31,36)(H,32,35)/t19-,23?,28?/m1/s1. The number of anilines is 1. The summed E-state index contributed by atoms with van der Waals surface area (Å²) in [5, 5.41) is 6.17. The minimum atomic E-state index is -1.07. The maximum atomic E-state index is 14.1. The summed E-state index contributed by atoms with van der Waals surface area (Å²) >= 11 is 12.7. The Morgan fingerprint density at radius 2 is 1.95 bits per heavy atom. The van der Waals surface area contributed by atoms with Gasteiger partial charge in [0.2, 0.25) is 11.8 Å². The normalized spacial score (nSPS) is 26.1. The topological polar surface area (TPSA) is 73.9 Å². The van der Waals surface area contributed by atoms with Crippen LogP contribution in [0.5, 0.6) is 0 Å². The summed E-state index contributed by atoms with van der Waals surface area (Å²) in [6.45, 7) is 4.80. The van der Waals surface area contributed by atoms with E-state index >= 15 is 0 Å². The molecule has 9 heteroatoms.